The number of halogens is 2. The Balaban J connectivity index is 1.90. The minimum Gasteiger partial charge on any atom is -0.452 e. The summed E-state index contributed by atoms with van der Waals surface area (Å²) in [5, 5.41) is 2.46. The molecule has 0 spiro atoms. The first-order valence-electron chi connectivity index (χ1n) is 7.00. The molecular weight excluding hydrogens is 321 g/mol. The monoisotopic (exact) mass is 335 g/mol. The van der Waals surface area contributed by atoms with Gasteiger partial charge in [0.05, 0.1) is 10.6 Å². The maximum absolute atomic E-state index is 13.0. The van der Waals surface area contributed by atoms with E-state index in [2.05, 4.69) is 5.32 Å². The van der Waals surface area contributed by atoms with Gasteiger partial charge < -0.3 is 10.1 Å². The lowest BCUT2D eigenvalue weighted by atomic mass is 10.1. The lowest BCUT2D eigenvalue weighted by Gasteiger charge is -2.08. The van der Waals surface area contributed by atoms with Crippen LogP contribution in [0.2, 0.25) is 5.02 Å². The highest BCUT2D eigenvalue weighted by Crippen LogP contribution is 2.16. The van der Waals surface area contributed by atoms with Crippen molar-refractivity contribution in [2.45, 2.75) is 13.3 Å². The van der Waals surface area contributed by atoms with Gasteiger partial charge in [0.25, 0.3) is 5.91 Å². The van der Waals surface area contributed by atoms with Crippen molar-refractivity contribution in [3.05, 3.63) is 64.4 Å². The van der Waals surface area contributed by atoms with Crippen LogP contribution in [0, 0.1) is 5.82 Å². The van der Waals surface area contributed by atoms with E-state index in [1.165, 1.54) is 6.07 Å². The fourth-order valence-electron chi connectivity index (χ4n) is 1.90. The molecule has 0 aromatic heterocycles. The molecule has 6 heteroatoms. The third kappa shape index (κ3) is 4.79. The normalized spacial score (nSPS) is 10.2. The van der Waals surface area contributed by atoms with E-state index in [0.29, 0.717) is 5.69 Å². The maximum Gasteiger partial charge on any atom is 0.338 e. The van der Waals surface area contributed by atoms with E-state index >= 15 is 0 Å². The Morgan fingerprint density at radius 3 is 2.70 bits per heavy atom. The number of esters is 1. The molecule has 0 aliphatic rings. The molecule has 2 rings (SSSR count). The molecule has 1 amide bonds. The second kappa shape index (κ2) is 7.74. The summed E-state index contributed by atoms with van der Waals surface area (Å²) in [6, 6.07) is 10.8. The average molecular weight is 336 g/mol. The molecule has 120 valence electrons. The summed E-state index contributed by atoms with van der Waals surface area (Å²) in [7, 11) is 0. The van der Waals surface area contributed by atoms with Crippen LogP contribution in [0.25, 0.3) is 0 Å². The van der Waals surface area contributed by atoms with E-state index in [0.717, 1.165) is 24.1 Å². The van der Waals surface area contributed by atoms with Gasteiger partial charge in [-0.2, -0.15) is 0 Å². The van der Waals surface area contributed by atoms with Gasteiger partial charge in [-0.05, 0) is 42.3 Å². The van der Waals surface area contributed by atoms with Gasteiger partial charge in [-0.1, -0.05) is 30.7 Å². The molecule has 0 heterocycles. The number of carbonyl (C=O) groups is 2. The van der Waals surface area contributed by atoms with Gasteiger partial charge in [0, 0.05) is 5.69 Å². The van der Waals surface area contributed by atoms with E-state index in [-0.39, 0.29) is 10.6 Å². The number of anilines is 1. The Bertz CT molecular complexity index is 734. The van der Waals surface area contributed by atoms with E-state index in [1.54, 1.807) is 6.07 Å². The van der Waals surface area contributed by atoms with Crippen molar-refractivity contribution < 1.29 is 18.7 Å². The van der Waals surface area contributed by atoms with Crippen molar-refractivity contribution in [3.8, 4) is 0 Å². The largest absolute Gasteiger partial charge is 0.452 e. The minimum atomic E-state index is -0.746. The summed E-state index contributed by atoms with van der Waals surface area (Å²) in [6.45, 7) is 1.57. The maximum atomic E-state index is 13.0. The summed E-state index contributed by atoms with van der Waals surface area (Å²) < 4.78 is 17.9. The van der Waals surface area contributed by atoms with E-state index in [1.807, 2.05) is 25.1 Å². The Labute approximate surface area is 138 Å². The average Bonchev–Trinajstić information content (AvgIpc) is 2.55. The smallest absolute Gasteiger partial charge is 0.338 e. The molecule has 0 saturated carbocycles. The number of hydrogen-bond donors (Lipinski definition) is 1. The van der Waals surface area contributed by atoms with Gasteiger partial charge in [0.2, 0.25) is 0 Å². The first-order chi connectivity index (χ1) is 11.0. The van der Waals surface area contributed by atoms with Gasteiger partial charge in [-0.25, -0.2) is 9.18 Å². The van der Waals surface area contributed by atoms with Crippen molar-refractivity contribution in [1.82, 2.24) is 0 Å². The summed E-state index contributed by atoms with van der Waals surface area (Å²) in [4.78, 5) is 23.6. The summed E-state index contributed by atoms with van der Waals surface area (Å²) >= 11 is 5.59. The standard InChI is InChI=1S/C17H15ClFNO3/c1-2-11-4-3-5-13(8-11)20-16(21)10-23-17(22)12-6-7-15(19)14(18)9-12/h3-9H,2,10H2,1H3,(H,20,21). The molecule has 2 aromatic carbocycles. The second-order valence-electron chi connectivity index (χ2n) is 4.81. The van der Waals surface area contributed by atoms with Crippen LogP contribution in [-0.2, 0) is 16.0 Å². The van der Waals surface area contributed by atoms with Crippen LogP contribution in [0.5, 0.6) is 0 Å². The molecular formula is C17H15ClFNO3. The zero-order valence-corrected chi connectivity index (χ0v) is 13.2. The van der Waals surface area contributed by atoms with E-state index < -0.39 is 24.3 Å². The molecule has 1 N–H and O–H groups in total. The quantitative estimate of drug-likeness (QED) is 0.845. The van der Waals surface area contributed by atoms with Crippen LogP contribution in [0.3, 0.4) is 0 Å². The molecule has 0 aliphatic carbocycles. The molecule has 0 atom stereocenters. The Morgan fingerprint density at radius 1 is 1.22 bits per heavy atom. The lowest BCUT2D eigenvalue weighted by molar-refractivity contribution is -0.119. The minimum absolute atomic E-state index is 0.0807. The molecule has 0 aliphatic heterocycles. The number of carbonyl (C=O) groups excluding carboxylic acids is 2. The SMILES string of the molecule is CCc1cccc(NC(=O)COC(=O)c2ccc(F)c(Cl)c2)c1. The molecule has 2 aromatic rings. The van der Waals surface area contributed by atoms with Crippen LogP contribution >= 0.6 is 11.6 Å². The fourth-order valence-corrected chi connectivity index (χ4v) is 2.08. The van der Waals surface area contributed by atoms with Crippen molar-refractivity contribution in [2.24, 2.45) is 0 Å². The van der Waals surface area contributed by atoms with Crippen molar-refractivity contribution in [1.29, 1.82) is 0 Å². The zero-order chi connectivity index (χ0) is 16.8. The summed E-state index contributed by atoms with van der Waals surface area (Å²) in [5.41, 5.74) is 1.80. The van der Waals surface area contributed by atoms with Gasteiger partial charge >= 0.3 is 5.97 Å². The molecule has 4 nitrogen and oxygen atoms in total. The molecule has 0 bridgehead atoms. The van der Waals surface area contributed by atoms with Crippen LogP contribution in [0.4, 0.5) is 10.1 Å². The van der Waals surface area contributed by atoms with E-state index in [4.69, 9.17) is 16.3 Å². The van der Waals surface area contributed by atoms with Gasteiger partial charge in [-0.15, -0.1) is 0 Å². The number of nitrogens with one attached hydrogen (secondary N) is 1. The topological polar surface area (TPSA) is 55.4 Å². The van der Waals surface area contributed by atoms with Gasteiger partial charge in [-0.3, -0.25) is 4.79 Å². The van der Waals surface area contributed by atoms with Crippen molar-refractivity contribution in [2.75, 3.05) is 11.9 Å². The molecule has 0 unspecified atom stereocenters. The van der Waals surface area contributed by atoms with Gasteiger partial charge in [0.15, 0.2) is 6.61 Å². The molecule has 0 fully saturated rings. The molecule has 0 saturated heterocycles. The van der Waals surface area contributed by atoms with E-state index in [9.17, 15) is 14.0 Å². The van der Waals surface area contributed by atoms with Crippen LogP contribution in [-0.4, -0.2) is 18.5 Å². The molecule has 0 radical (unpaired) electrons. The van der Waals surface area contributed by atoms with Crippen molar-refractivity contribution >= 4 is 29.2 Å². The lowest BCUT2D eigenvalue weighted by Crippen LogP contribution is -2.21. The molecule has 23 heavy (non-hydrogen) atoms. The number of ether oxygens (including phenoxy) is 1. The third-order valence-corrected chi connectivity index (χ3v) is 3.40. The summed E-state index contributed by atoms with van der Waals surface area (Å²) in [5.74, 6) is -1.83. The van der Waals surface area contributed by atoms with Crippen LogP contribution < -0.4 is 5.32 Å². The Morgan fingerprint density at radius 2 is 2.00 bits per heavy atom. The second-order valence-corrected chi connectivity index (χ2v) is 5.21. The predicted molar refractivity (Wildman–Crippen MR) is 86.1 cm³/mol. The van der Waals surface area contributed by atoms with Crippen LogP contribution in [0.1, 0.15) is 22.8 Å². The third-order valence-electron chi connectivity index (χ3n) is 3.11. The highest BCUT2D eigenvalue weighted by atomic mass is 35.5. The Kier molecular flexibility index (Phi) is 5.71. The highest BCUT2D eigenvalue weighted by molar-refractivity contribution is 6.31. The number of amides is 1. The summed E-state index contributed by atoms with van der Waals surface area (Å²) in [6.07, 6.45) is 0.851. The number of aryl methyl sites for hydroxylation is 1. The Hall–Kier alpha value is -2.40. The first kappa shape index (κ1) is 17.0. The first-order valence-corrected chi connectivity index (χ1v) is 7.38. The number of hydrogen-bond acceptors (Lipinski definition) is 3. The fraction of sp³-hybridized carbons (Fsp3) is 0.176. The number of benzene rings is 2. The predicted octanol–water partition coefficient (Wildman–Crippen LogP) is 3.84. The van der Waals surface area contributed by atoms with Gasteiger partial charge in [0.1, 0.15) is 5.82 Å². The highest BCUT2D eigenvalue weighted by Gasteiger charge is 2.12. The zero-order valence-electron chi connectivity index (χ0n) is 12.4. The van der Waals surface area contributed by atoms with Crippen molar-refractivity contribution in [3.63, 3.8) is 0 Å². The number of rotatable bonds is 5. The van der Waals surface area contributed by atoms with Crippen LogP contribution in [0.15, 0.2) is 42.5 Å².